The van der Waals surface area contributed by atoms with Gasteiger partial charge in [0.05, 0.1) is 10.0 Å². The average Bonchev–Trinajstić information content (AvgIpc) is 2.14. The zero-order valence-electron chi connectivity index (χ0n) is 7.99. The highest BCUT2D eigenvalue weighted by Crippen LogP contribution is 2.29. The van der Waals surface area contributed by atoms with Crippen LogP contribution >= 0.6 is 35.6 Å². The van der Waals surface area contributed by atoms with Crippen molar-refractivity contribution in [2.24, 2.45) is 5.73 Å². The number of nitrogens with zero attached hydrogens (tertiary/aromatic N) is 1. The molecule has 0 radical (unpaired) electrons. The van der Waals surface area contributed by atoms with Gasteiger partial charge in [0, 0.05) is 30.6 Å². The van der Waals surface area contributed by atoms with E-state index in [0.29, 0.717) is 28.5 Å². The quantitative estimate of drug-likeness (QED) is 0.885. The van der Waals surface area contributed by atoms with Gasteiger partial charge in [0.2, 0.25) is 0 Å². The van der Waals surface area contributed by atoms with E-state index in [0.717, 1.165) is 0 Å². The third-order valence-corrected chi connectivity index (χ3v) is 2.54. The van der Waals surface area contributed by atoms with Crippen molar-refractivity contribution in [3.05, 3.63) is 28.0 Å². The van der Waals surface area contributed by atoms with Crippen LogP contribution in [0.25, 0.3) is 0 Å². The number of aromatic nitrogens is 1. The molecule has 3 N–H and O–H groups in total. The predicted octanol–water partition coefficient (Wildman–Crippen LogP) is 2.58. The molecule has 3 nitrogen and oxygen atoms in total. The first-order valence-corrected chi connectivity index (χ1v) is 5.07. The van der Waals surface area contributed by atoms with Crippen molar-refractivity contribution in [1.29, 1.82) is 0 Å². The summed E-state index contributed by atoms with van der Waals surface area (Å²) in [6.45, 7) is 0.119. The molecule has 0 saturated carbocycles. The smallest absolute Gasteiger partial charge is 0.0651 e. The molecule has 1 heterocycles. The van der Waals surface area contributed by atoms with E-state index in [1.807, 2.05) is 0 Å². The Balaban J connectivity index is 0.00000196. The molecular formula is C9H13Cl3N2O. The summed E-state index contributed by atoms with van der Waals surface area (Å²) in [5.41, 5.74) is 6.58. The van der Waals surface area contributed by atoms with Gasteiger partial charge < -0.3 is 10.8 Å². The minimum absolute atomic E-state index is 0. The van der Waals surface area contributed by atoms with E-state index in [1.54, 1.807) is 0 Å². The van der Waals surface area contributed by atoms with Gasteiger partial charge in [0.1, 0.15) is 0 Å². The van der Waals surface area contributed by atoms with Crippen molar-refractivity contribution < 1.29 is 5.11 Å². The lowest BCUT2D eigenvalue weighted by molar-refractivity contribution is 0.280. The fraction of sp³-hybridized carbons (Fsp3) is 0.444. The van der Waals surface area contributed by atoms with Crippen molar-refractivity contribution in [3.8, 4) is 0 Å². The Labute approximate surface area is 105 Å². The Morgan fingerprint density at radius 1 is 1.33 bits per heavy atom. The van der Waals surface area contributed by atoms with Gasteiger partial charge in [-0.3, -0.25) is 4.98 Å². The van der Waals surface area contributed by atoms with Gasteiger partial charge in [-0.1, -0.05) is 23.2 Å². The molecule has 1 atom stereocenters. The van der Waals surface area contributed by atoms with E-state index in [1.165, 1.54) is 12.4 Å². The number of rotatable bonds is 4. The summed E-state index contributed by atoms with van der Waals surface area (Å²) in [4.78, 5) is 3.84. The van der Waals surface area contributed by atoms with Gasteiger partial charge in [-0.15, -0.1) is 12.4 Å². The maximum absolute atomic E-state index is 8.67. The Bertz CT molecular complexity index is 289. The largest absolute Gasteiger partial charge is 0.396 e. The summed E-state index contributed by atoms with van der Waals surface area (Å²) in [6, 6.07) is -0.245. The summed E-state index contributed by atoms with van der Waals surface area (Å²) in [5, 5.41) is 9.62. The van der Waals surface area contributed by atoms with Gasteiger partial charge in [-0.2, -0.15) is 0 Å². The van der Waals surface area contributed by atoms with E-state index >= 15 is 0 Å². The summed E-state index contributed by atoms with van der Waals surface area (Å²) in [5.74, 6) is 0. The van der Waals surface area contributed by atoms with Crippen LogP contribution in [0.3, 0.4) is 0 Å². The number of aliphatic hydroxyl groups excluding tert-OH is 1. The average molecular weight is 272 g/mol. The number of hydrogen-bond donors (Lipinski definition) is 2. The van der Waals surface area contributed by atoms with Gasteiger partial charge >= 0.3 is 0 Å². The monoisotopic (exact) mass is 270 g/mol. The van der Waals surface area contributed by atoms with Crippen LogP contribution in [0.4, 0.5) is 0 Å². The van der Waals surface area contributed by atoms with Crippen LogP contribution in [-0.2, 0) is 0 Å². The fourth-order valence-electron chi connectivity index (χ4n) is 1.23. The van der Waals surface area contributed by atoms with Gasteiger partial charge in [-0.05, 0) is 12.8 Å². The van der Waals surface area contributed by atoms with Crippen LogP contribution < -0.4 is 5.73 Å². The highest BCUT2D eigenvalue weighted by Gasteiger charge is 2.13. The standard InChI is InChI=1S/C9H12Cl2N2O.ClH/c10-6-4-13-5-7(11)9(6)8(12)2-1-3-14;/h4-5,8,14H,1-3,12H2;1H/t8-;/m0./s1. The molecule has 0 spiro atoms. The van der Waals surface area contributed by atoms with E-state index in [-0.39, 0.29) is 25.1 Å². The van der Waals surface area contributed by atoms with Gasteiger partial charge in [0.15, 0.2) is 0 Å². The molecule has 0 aromatic carbocycles. The normalized spacial score (nSPS) is 12.0. The maximum atomic E-state index is 8.67. The first-order valence-electron chi connectivity index (χ1n) is 4.32. The minimum Gasteiger partial charge on any atom is -0.396 e. The zero-order chi connectivity index (χ0) is 10.6. The number of nitrogens with two attached hydrogens (primary N) is 1. The topological polar surface area (TPSA) is 59.1 Å². The van der Waals surface area contributed by atoms with E-state index in [9.17, 15) is 0 Å². The molecule has 0 aliphatic heterocycles. The predicted molar refractivity (Wildman–Crippen MR) is 64.8 cm³/mol. The lowest BCUT2D eigenvalue weighted by Crippen LogP contribution is -2.12. The molecule has 0 aliphatic rings. The Morgan fingerprint density at radius 3 is 2.33 bits per heavy atom. The summed E-state index contributed by atoms with van der Waals surface area (Å²) in [6.07, 6.45) is 4.32. The minimum atomic E-state index is -0.245. The maximum Gasteiger partial charge on any atom is 0.0651 e. The molecular weight excluding hydrogens is 258 g/mol. The summed E-state index contributed by atoms with van der Waals surface area (Å²) < 4.78 is 0. The van der Waals surface area contributed by atoms with Crippen molar-refractivity contribution in [2.75, 3.05) is 6.61 Å². The molecule has 0 amide bonds. The van der Waals surface area contributed by atoms with Gasteiger partial charge in [0.25, 0.3) is 0 Å². The third kappa shape index (κ3) is 4.13. The molecule has 15 heavy (non-hydrogen) atoms. The van der Waals surface area contributed by atoms with E-state index < -0.39 is 0 Å². The molecule has 0 fully saturated rings. The molecule has 0 unspecified atom stereocenters. The Hall–Kier alpha value is -0.0600. The molecule has 1 aromatic rings. The molecule has 0 bridgehead atoms. The molecule has 1 rings (SSSR count). The van der Waals surface area contributed by atoms with Crippen LogP contribution in [0.1, 0.15) is 24.4 Å². The van der Waals surface area contributed by atoms with Crippen LogP contribution in [-0.4, -0.2) is 16.7 Å². The highest BCUT2D eigenvalue weighted by molar-refractivity contribution is 6.35. The Kier molecular flexibility index (Phi) is 7.22. The van der Waals surface area contributed by atoms with Crippen LogP contribution in [0, 0.1) is 0 Å². The Morgan fingerprint density at radius 2 is 1.87 bits per heavy atom. The highest BCUT2D eigenvalue weighted by atomic mass is 35.5. The third-order valence-electron chi connectivity index (χ3n) is 1.93. The van der Waals surface area contributed by atoms with Crippen LogP contribution in [0.2, 0.25) is 10.0 Å². The van der Waals surface area contributed by atoms with E-state index in [2.05, 4.69) is 4.98 Å². The number of aliphatic hydroxyl groups is 1. The first-order chi connectivity index (χ1) is 6.66. The lowest BCUT2D eigenvalue weighted by Gasteiger charge is -2.13. The van der Waals surface area contributed by atoms with Crippen LogP contribution in [0.15, 0.2) is 12.4 Å². The zero-order valence-corrected chi connectivity index (χ0v) is 10.3. The summed E-state index contributed by atoms with van der Waals surface area (Å²) >= 11 is 11.8. The van der Waals surface area contributed by atoms with E-state index in [4.69, 9.17) is 34.0 Å². The van der Waals surface area contributed by atoms with Crippen molar-refractivity contribution >= 4 is 35.6 Å². The fourth-order valence-corrected chi connectivity index (χ4v) is 1.88. The number of hydrogen-bond acceptors (Lipinski definition) is 3. The molecule has 6 heteroatoms. The molecule has 0 aliphatic carbocycles. The molecule has 0 saturated heterocycles. The number of halogens is 3. The summed E-state index contributed by atoms with van der Waals surface area (Å²) in [7, 11) is 0. The second-order valence-electron chi connectivity index (χ2n) is 2.99. The van der Waals surface area contributed by atoms with Crippen molar-refractivity contribution in [3.63, 3.8) is 0 Å². The van der Waals surface area contributed by atoms with Gasteiger partial charge in [-0.25, -0.2) is 0 Å². The first kappa shape index (κ1) is 14.9. The lowest BCUT2D eigenvalue weighted by atomic mass is 10.0. The SMILES string of the molecule is Cl.N[C@@H](CCCO)c1c(Cl)cncc1Cl. The van der Waals surface area contributed by atoms with Crippen molar-refractivity contribution in [1.82, 2.24) is 4.98 Å². The number of pyridine rings is 1. The second-order valence-corrected chi connectivity index (χ2v) is 3.80. The van der Waals surface area contributed by atoms with Crippen LogP contribution in [0.5, 0.6) is 0 Å². The molecule has 86 valence electrons. The second kappa shape index (κ2) is 7.25. The molecule has 1 aromatic heterocycles. The van der Waals surface area contributed by atoms with Crippen molar-refractivity contribution in [2.45, 2.75) is 18.9 Å².